The fourth-order valence-corrected chi connectivity index (χ4v) is 4.54. The number of hydrogen-bond donors (Lipinski definition) is 1. The highest BCUT2D eigenvalue weighted by Gasteiger charge is 2.20. The molecule has 156 valence electrons. The van der Waals surface area contributed by atoms with Crippen LogP contribution in [0.25, 0.3) is 11.3 Å². The minimum atomic E-state index is -0.0470. The second-order valence-corrected chi connectivity index (χ2v) is 8.98. The van der Waals surface area contributed by atoms with Gasteiger partial charge in [0, 0.05) is 42.8 Å². The molecule has 1 aliphatic rings. The van der Waals surface area contributed by atoms with Crippen molar-refractivity contribution in [3.05, 3.63) is 69.0 Å². The molecule has 4 rings (SSSR count). The molecule has 1 saturated heterocycles. The average Bonchev–Trinajstić information content (AvgIpc) is 3.21. The van der Waals surface area contributed by atoms with Crippen molar-refractivity contribution in [2.24, 2.45) is 0 Å². The second kappa shape index (κ2) is 9.90. The summed E-state index contributed by atoms with van der Waals surface area (Å²) in [6, 6.07) is 15.3. The van der Waals surface area contributed by atoms with E-state index >= 15 is 0 Å². The van der Waals surface area contributed by atoms with Crippen LogP contribution in [0.1, 0.15) is 5.01 Å². The summed E-state index contributed by atoms with van der Waals surface area (Å²) in [5.41, 5.74) is 2.84. The highest BCUT2D eigenvalue weighted by molar-refractivity contribution is 7.09. The summed E-state index contributed by atoms with van der Waals surface area (Å²) >= 11 is 13.6. The molecule has 0 aliphatic carbocycles. The zero-order chi connectivity index (χ0) is 20.9. The lowest BCUT2D eigenvalue weighted by molar-refractivity contribution is -0.117. The first kappa shape index (κ1) is 21.3. The summed E-state index contributed by atoms with van der Waals surface area (Å²) in [7, 11) is 0. The van der Waals surface area contributed by atoms with Gasteiger partial charge in [-0.2, -0.15) is 0 Å². The number of nitrogens with one attached hydrogen (secondary N) is 1. The maximum atomic E-state index is 12.3. The molecule has 0 radical (unpaired) electrons. The number of halogens is 2. The van der Waals surface area contributed by atoms with E-state index in [1.807, 2.05) is 18.2 Å². The molecule has 3 aromatic rings. The van der Waals surface area contributed by atoms with E-state index < -0.39 is 0 Å². The van der Waals surface area contributed by atoms with E-state index in [2.05, 4.69) is 32.6 Å². The summed E-state index contributed by atoms with van der Waals surface area (Å²) < 4.78 is 0. The van der Waals surface area contributed by atoms with Crippen LogP contribution in [0.3, 0.4) is 0 Å². The van der Waals surface area contributed by atoms with E-state index in [0.29, 0.717) is 22.3 Å². The molecule has 1 aromatic heterocycles. The molecule has 0 atom stereocenters. The molecular formula is C22H22Cl2N4OS. The highest BCUT2D eigenvalue weighted by atomic mass is 35.5. The molecule has 30 heavy (non-hydrogen) atoms. The second-order valence-electron chi connectivity index (χ2n) is 7.22. The molecule has 2 heterocycles. The molecule has 0 unspecified atom stereocenters. The van der Waals surface area contributed by atoms with Crippen molar-refractivity contribution in [3.63, 3.8) is 0 Å². The summed E-state index contributed by atoms with van der Waals surface area (Å²) in [6.07, 6.45) is 0. The Morgan fingerprint density at radius 1 is 1.00 bits per heavy atom. The van der Waals surface area contributed by atoms with Gasteiger partial charge in [0.2, 0.25) is 5.91 Å². The number of aromatic nitrogens is 1. The number of rotatable bonds is 6. The standard InChI is InChI=1S/C22H22Cl2N4OS/c23-18-7-6-17(12-19(18)24)25-21(29)13-27-8-10-28(11-9-27)14-22-26-20(15-30-22)16-4-2-1-3-5-16/h1-7,12,15H,8-11,13-14H2,(H,25,29). The van der Waals surface area contributed by atoms with Crippen molar-refractivity contribution in [2.45, 2.75) is 6.54 Å². The lowest BCUT2D eigenvalue weighted by atomic mass is 10.2. The van der Waals surface area contributed by atoms with Crippen molar-refractivity contribution in [1.82, 2.24) is 14.8 Å². The number of nitrogens with zero attached hydrogens (tertiary/aromatic N) is 3. The van der Waals surface area contributed by atoms with Gasteiger partial charge in [0.25, 0.3) is 0 Å². The van der Waals surface area contributed by atoms with Crippen molar-refractivity contribution in [2.75, 3.05) is 38.0 Å². The Bertz CT molecular complexity index is 1000. The van der Waals surface area contributed by atoms with E-state index in [-0.39, 0.29) is 5.91 Å². The largest absolute Gasteiger partial charge is 0.325 e. The zero-order valence-electron chi connectivity index (χ0n) is 16.4. The Morgan fingerprint density at radius 3 is 2.47 bits per heavy atom. The summed E-state index contributed by atoms with van der Waals surface area (Å²) in [4.78, 5) is 21.7. The number of anilines is 1. The summed E-state index contributed by atoms with van der Waals surface area (Å²) in [5.74, 6) is -0.0470. The minimum absolute atomic E-state index is 0.0470. The Kier molecular flexibility index (Phi) is 7.02. The van der Waals surface area contributed by atoms with Gasteiger partial charge >= 0.3 is 0 Å². The number of amides is 1. The maximum absolute atomic E-state index is 12.3. The Balaban J connectivity index is 1.23. The van der Waals surface area contributed by atoms with Crippen LogP contribution in [0.4, 0.5) is 5.69 Å². The van der Waals surface area contributed by atoms with Crippen molar-refractivity contribution < 1.29 is 4.79 Å². The van der Waals surface area contributed by atoms with Gasteiger partial charge in [-0.05, 0) is 18.2 Å². The van der Waals surface area contributed by atoms with E-state index in [1.165, 1.54) is 0 Å². The van der Waals surface area contributed by atoms with Crippen LogP contribution in [-0.4, -0.2) is 53.4 Å². The van der Waals surface area contributed by atoms with Gasteiger partial charge in [0.1, 0.15) is 5.01 Å². The van der Waals surface area contributed by atoms with Gasteiger partial charge in [-0.25, -0.2) is 4.98 Å². The van der Waals surface area contributed by atoms with Crippen LogP contribution < -0.4 is 5.32 Å². The third-order valence-corrected chi connectivity index (χ3v) is 6.59. The van der Waals surface area contributed by atoms with Gasteiger partial charge in [-0.15, -0.1) is 11.3 Å². The van der Waals surface area contributed by atoms with Crippen LogP contribution in [0.15, 0.2) is 53.9 Å². The SMILES string of the molecule is O=C(CN1CCN(Cc2nc(-c3ccccc3)cs2)CC1)Nc1ccc(Cl)c(Cl)c1. The number of piperazine rings is 1. The minimum Gasteiger partial charge on any atom is -0.325 e. The van der Waals surface area contributed by atoms with Crippen molar-refractivity contribution in [3.8, 4) is 11.3 Å². The first-order chi connectivity index (χ1) is 14.6. The predicted octanol–water partition coefficient (Wildman–Crippen LogP) is 4.87. The van der Waals surface area contributed by atoms with Gasteiger partial charge in [-0.3, -0.25) is 14.6 Å². The molecule has 0 saturated carbocycles. The third kappa shape index (κ3) is 5.59. The Hall–Kier alpha value is -1.96. The van der Waals surface area contributed by atoms with Crippen LogP contribution in [-0.2, 0) is 11.3 Å². The van der Waals surface area contributed by atoms with Crippen LogP contribution >= 0.6 is 34.5 Å². The van der Waals surface area contributed by atoms with E-state index in [1.54, 1.807) is 29.5 Å². The van der Waals surface area contributed by atoms with Crippen LogP contribution in [0, 0.1) is 0 Å². The third-order valence-electron chi connectivity index (χ3n) is 5.02. The monoisotopic (exact) mass is 460 g/mol. The Labute approximate surface area is 190 Å². The fraction of sp³-hybridized carbons (Fsp3) is 0.273. The normalized spacial score (nSPS) is 15.3. The highest BCUT2D eigenvalue weighted by Crippen LogP contribution is 2.25. The quantitative estimate of drug-likeness (QED) is 0.569. The smallest absolute Gasteiger partial charge is 0.238 e. The molecular weight excluding hydrogens is 439 g/mol. The molecule has 2 aromatic carbocycles. The molecule has 0 bridgehead atoms. The lowest BCUT2D eigenvalue weighted by Gasteiger charge is -2.33. The molecule has 5 nitrogen and oxygen atoms in total. The van der Waals surface area contributed by atoms with E-state index in [4.69, 9.17) is 28.2 Å². The zero-order valence-corrected chi connectivity index (χ0v) is 18.7. The molecule has 8 heteroatoms. The van der Waals surface area contributed by atoms with E-state index in [0.717, 1.165) is 49.0 Å². The number of benzene rings is 2. The van der Waals surface area contributed by atoms with Crippen LogP contribution in [0.2, 0.25) is 10.0 Å². The van der Waals surface area contributed by atoms with Crippen molar-refractivity contribution >= 4 is 46.1 Å². The summed E-state index contributed by atoms with van der Waals surface area (Å²) in [6.45, 7) is 4.75. The summed E-state index contributed by atoms with van der Waals surface area (Å²) in [5, 5.41) is 7.03. The van der Waals surface area contributed by atoms with Gasteiger partial charge < -0.3 is 5.32 Å². The maximum Gasteiger partial charge on any atom is 0.238 e. The van der Waals surface area contributed by atoms with Gasteiger partial charge in [0.15, 0.2) is 0 Å². The number of thiazole rings is 1. The molecule has 1 amide bonds. The van der Waals surface area contributed by atoms with Crippen LogP contribution in [0.5, 0.6) is 0 Å². The lowest BCUT2D eigenvalue weighted by Crippen LogP contribution is -2.48. The Morgan fingerprint density at radius 2 is 1.73 bits per heavy atom. The molecule has 1 fully saturated rings. The molecule has 0 spiro atoms. The first-order valence-corrected chi connectivity index (χ1v) is 11.4. The number of hydrogen-bond acceptors (Lipinski definition) is 5. The molecule has 1 N–H and O–H groups in total. The predicted molar refractivity (Wildman–Crippen MR) is 124 cm³/mol. The average molecular weight is 461 g/mol. The number of carbonyl (C=O) groups is 1. The van der Waals surface area contributed by atoms with Gasteiger partial charge in [-0.1, -0.05) is 53.5 Å². The fourth-order valence-electron chi connectivity index (χ4n) is 3.40. The van der Waals surface area contributed by atoms with E-state index in [9.17, 15) is 4.79 Å². The molecule has 1 aliphatic heterocycles. The van der Waals surface area contributed by atoms with Crippen molar-refractivity contribution in [1.29, 1.82) is 0 Å². The topological polar surface area (TPSA) is 48.5 Å². The van der Waals surface area contributed by atoms with Gasteiger partial charge in [0.05, 0.1) is 28.8 Å². The first-order valence-electron chi connectivity index (χ1n) is 9.76. The number of carbonyl (C=O) groups excluding carboxylic acids is 1.